The lowest BCUT2D eigenvalue weighted by molar-refractivity contribution is -0.286. The van der Waals surface area contributed by atoms with Gasteiger partial charge in [-0.25, -0.2) is 0 Å². The topological polar surface area (TPSA) is 62.9 Å². The molecule has 0 bridgehead atoms. The van der Waals surface area contributed by atoms with Crippen LogP contribution in [0.3, 0.4) is 0 Å². The minimum absolute atomic E-state index is 0.176. The van der Waals surface area contributed by atoms with Crippen molar-refractivity contribution >= 4 is 0 Å². The van der Waals surface area contributed by atoms with Gasteiger partial charge in [-0.05, 0) is 19.4 Å². The number of hydrogen-bond acceptors (Lipinski definition) is 5. The van der Waals surface area contributed by atoms with Gasteiger partial charge < -0.3 is 24.7 Å². The van der Waals surface area contributed by atoms with Crippen LogP contribution in [0, 0.1) is 5.92 Å². The van der Waals surface area contributed by atoms with Crippen LogP contribution >= 0.6 is 0 Å². The molecule has 0 aliphatic rings. The molecular weight excluding hydrogens is 366 g/mol. The molecule has 29 heavy (non-hydrogen) atoms. The van der Waals surface area contributed by atoms with E-state index in [4.69, 9.17) is 24.7 Å². The Hall–Kier alpha value is -0.980. The zero-order chi connectivity index (χ0) is 21.2. The van der Waals surface area contributed by atoms with Gasteiger partial charge in [0.25, 0.3) is 0 Å². The molecule has 1 rings (SSSR count). The minimum atomic E-state index is -0.832. The predicted molar refractivity (Wildman–Crippen MR) is 119 cm³/mol. The van der Waals surface area contributed by atoms with E-state index in [9.17, 15) is 0 Å². The second kappa shape index (κ2) is 16.8. The second-order valence-electron chi connectivity index (χ2n) is 7.55. The van der Waals surface area contributed by atoms with E-state index >= 15 is 0 Å². The summed E-state index contributed by atoms with van der Waals surface area (Å²) in [4.78, 5) is 0. The molecule has 168 valence electrons. The SMILES string of the molecule is CCCCCCCCC(CCN)C(OCCOC)(OCCOC)c1ccccc1. The first-order chi connectivity index (χ1) is 14.2. The normalized spacial score (nSPS) is 13.0. The van der Waals surface area contributed by atoms with Crippen molar-refractivity contribution in [3.8, 4) is 0 Å². The highest BCUT2D eigenvalue weighted by Crippen LogP contribution is 2.40. The van der Waals surface area contributed by atoms with Gasteiger partial charge in [0.2, 0.25) is 0 Å². The Morgan fingerprint density at radius 2 is 1.38 bits per heavy atom. The van der Waals surface area contributed by atoms with Crippen molar-refractivity contribution in [2.75, 3.05) is 47.2 Å². The largest absolute Gasteiger partial charge is 0.382 e. The van der Waals surface area contributed by atoms with Crippen molar-refractivity contribution in [2.24, 2.45) is 11.7 Å². The quantitative estimate of drug-likeness (QED) is 0.261. The molecule has 1 unspecified atom stereocenters. The van der Waals surface area contributed by atoms with E-state index in [0.29, 0.717) is 33.0 Å². The predicted octanol–water partition coefficient (Wildman–Crippen LogP) is 4.88. The lowest BCUT2D eigenvalue weighted by Crippen LogP contribution is -2.43. The van der Waals surface area contributed by atoms with E-state index in [1.165, 1.54) is 32.1 Å². The first-order valence-corrected chi connectivity index (χ1v) is 11.3. The van der Waals surface area contributed by atoms with Gasteiger partial charge in [0.15, 0.2) is 5.79 Å². The van der Waals surface area contributed by atoms with Crippen molar-refractivity contribution in [3.05, 3.63) is 35.9 Å². The van der Waals surface area contributed by atoms with Crippen molar-refractivity contribution in [1.82, 2.24) is 0 Å². The molecular formula is C24H43NO4. The van der Waals surface area contributed by atoms with Crippen molar-refractivity contribution < 1.29 is 18.9 Å². The van der Waals surface area contributed by atoms with Crippen molar-refractivity contribution in [3.63, 3.8) is 0 Å². The number of hydrogen-bond donors (Lipinski definition) is 1. The van der Waals surface area contributed by atoms with Gasteiger partial charge in [0, 0.05) is 25.7 Å². The van der Waals surface area contributed by atoms with Crippen molar-refractivity contribution in [2.45, 2.75) is 64.1 Å². The fraction of sp³-hybridized carbons (Fsp3) is 0.750. The van der Waals surface area contributed by atoms with Crippen LogP contribution in [-0.2, 0) is 24.7 Å². The van der Waals surface area contributed by atoms with Crippen LogP contribution in [0.2, 0.25) is 0 Å². The molecule has 0 aliphatic carbocycles. The van der Waals surface area contributed by atoms with Gasteiger partial charge in [-0.1, -0.05) is 75.8 Å². The minimum Gasteiger partial charge on any atom is -0.382 e. The summed E-state index contributed by atoms with van der Waals surface area (Å²) in [6.07, 6.45) is 9.47. The van der Waals surface area contributed by atoms with Crippen LogP contribution < -0.4 is 5.73 Å². The molecule has 0 saturated heterocycles. The molecule has 2 N–H and O–H groups in total. The van der Waals surface area contributed by atoms with E-state index in [2.05, 4.69) is 19.1 Å². The van der Waals surface area contributed by atoms with E-state index in [1.54, 1.807) is 14.2 Å². The highest BCUT2D eigenvalue weighted by Gasteiger charge is 2.42. The number of unbranched alkanes of at least 4 members (excludes halogenated alkanes) is 5. The average Bonchev–Trinajstić information content (AvgIpc) is 2.75. The van der Waals surface area contributed by atoms with Gasteiger partial charge in [-0.3, -0.25) is 0 Å². The molecule has 1 atom stereocenters. The van der Waals surface area contributed by atoms with Crippen LogP contribution in [0.4, 0.5) is 0 Å². The van der Waals surface area contributed by atoms with Gasteiger partial charge in [0.1, 0.15) is 0 Å². The molecule has 5 heteroatoms. The summed E-state index contributed by atoms with van der Waals surface area (Å²) in [5.74, 6) is -0.657. The van der Waals surface area contributed by atoms with E-state index in [1.807, 2.05) is 18.2 Å². The van der Waals surface area contributed by atoms with Crippen LogP contribution in [0.1, 0.15) is 63.9 Å². The van der Waals surface area contributed by atoms with Gasteiger partial charge in [-0.2, -0.15) is 0 Å². The summed E-state index contributed by atoms with van der Waals surface area (Å²) >= 11 is 0. The zero-order valence-corrected chi connectivity index (χ0v) is 18.9. The summed E-state index contributed by atoms with van der Waals surface area (Å²) in [7, 11) is 3.38. The third kappa shape index (κ3) is 9.58. The summed E-state index contributed by atoms with van der Waals surface area (Å²) in [5, 5.41) is 0. The molecule has 1 aromatic rings. The van der Waals surface area contributed by atoms with Gasteiger partial charge in [0.05, 0.1) is 26.4 Å². The lowest BCUT2D eigenvalue weighted by Gasteiger charge is -2.41. The standard InChI is InChI=1S/C24H43NO4/c1-4-5-6-7-8-10-15-23(16-17-25)24(28-20-18-26-2,29-21-19-27-3)22-13-11-9-12-14-22/h9,11-14,23H,4-8,10,15-21,25H2,1-3H3. The van der Waals surface area contributed by atoms with Crippen LogP contribution in [-0.4, -0.2) is 47.2 Å². The van der Waals surface area contributed by atoms with E-state index in [0.717, 1.165) is 24.8 Å². The maximum Gasteiger partial charge on any atom is 0.197 e. The fourth-order valence-electron chi connectivity index (χ4n) is 3.80. The summed E-state index contributed by atoms with van der Waals surface area (Å²) in [6, 6.07) is 10.3. The van der Waals surface area contributed by atoms with E-state index in [-0.39, 0.29) is 5.92 Å². The van der Waals surface area contributed by atoms with Crippen LogP contribution in [0.5, 0.6) is 0 Å². The Kier molecular flexibility index (Phi) is 15.1. The van der Waals surface area contributed by atoms with E-state index < -0.39 is 5.79 Å². The maximum atomic E-state index is 6.45. The molecule has 0 heterocycles. The first kappa shape index (κ1) is 26.1. The monoisotopic (exact) mass is 409 g/mol. The second-order valence-corrected chi connectivity index (χ2v) is 7.55. The fourth-order valence-corrected chi connectivity index (χ4v) is 3.80. The number of rotatable bonds is 19. The number of ether oxygens (including phenoxy) is 4. The average molecular weight is 410 g/mol. The molecule has 1 aromatic carbocycles. The van der Waals surface area contributed by atoms with Crippen LogP contribution in [0.25, 0.3) is 0 Å². The van der Waals surface area contributed by atoms with Gasteiger partial charge in [-0.15, -0.1) is 0 Å². The number of benzene rings is 1. The number of methoxy groups -OCH3 is 2. The zero-order valence-electron chi connectivity index (χ0n) is 18.9. The third-order valence-corrected chi connectivity index (χ3v) is 5.34. The molecule has 0 saturated carbocycles. The van der Waals surface area contributed by atoms with Gasteiger partial charge >= 0.3 is 0 Å². The smallest absolute Gasteiger partial charge is 0.197 e. The third-order valence-electron chi connectivity index (χ3n) is 5.34. The Labute approximate surface area is 178 Å². The summed E-state index contributed by atoms with van der Waals surface area (Å²) in [6.45, 7) is 4.84. The maximum absolute atomic E-state index is 6.45. The molecule has 0 aliphatic heterocycles. The van der Waals surface area contributed by atoms with Crippen LogP contribution in [0.15, 0.2) is 30.3 Å². The first-order valence-electron chi connectivity index (χ1n) is 11.3. The highest BCUT2D eigenvalue weighted by atomic mass is 16.7. The Bertz CT molecular complexity index is 473. The van der Waals surface area contributed by atoms with Crippen molar-refractivity contribution in [1.29, 1.82) is 0 Å². The summed E-state index contributed by atoms with van der Waals surface area (Å²) < 4.78 is 23.4. The lowest BCUT2D eigenvalue weighted by atomic mass is 9.84. The Morgan fingerprint density at radius 3 is 1.93 bits per heavy atom. The number of nitrogens with two attached hydrogens (primary N) is 1. The Balaban J connectivity index is 3.01. The summed E-state index contributed by atoms with van der Waals surface area (Å²) in [5.41, 5.74) is 7.06. The molecule has 0 fully saturated rings. The highest BCUT2D eigenvalue weighted by molar-refractivity contribution is 5.21. The molecule has 5 nitrogen and oxygen atoms in total. The Morgan fingerprint density at radius 1 is 0.793 bits per heavy atom. The molecule has 0 aromatic heterocycles. The molecule has 0 spiro atoms. The molecule has 0 amide bonds. The molecule has 0 radical (unpaired) electrons.